The number of nitrogens with zero attached hydrogens (tertiary/aromatic N) is 2. The van der Waals surface area contributed by atoms with Gasteiger partial charge in [0.2, 0.25) is 0 Å². The van der Waals surface area contributed by atoms with E-state index in [9.17, 15) is 18.9 Å². The van der Waals surface area contributed by atoms with Crippen molar-refractivity contribution in [3.05, 3.63) is 57.6 Å². The van der Waals surface area contributed by atoms with E-state index in [0.29, 0.717) is 11.3 Å². The molecule has 2 aromatic carbocycles. The average Bonchev–Trinajstić information content (AvgIpc) is 2.61. The van der Waals surface area contributed by atoms with Gasteiger partial charge in [0.1, 0.15) is 6.07 Å². The molecule has 0 heterocycles. The first-order chi connectivity index (χ1) is 12.4. The second kappa shape index (κ2) is 8.62. The summed E-state index contributed by atoms with van der Waals surface area (Å²) < 4.78 is 34.5. The molecule has 0 radical (unpaired) electrons. The number of benzene rings is 2. The van der Waals surface area contributed by atoms with E-state index in [1.807, 2.05) is 6.07 Å². The number of non-ortho nitro benzene ring substituents is 1. The molecule has 0 amide bonds. The van der Waals surface area contributed by atoms with Crippen molar-refractivity contribution in [3.63, 3.8) is 0 Å². The number of halogens is 2. The van der Waals surface area contributed by atoms with E-state index in [4.69, 9.17) is 10.00 Å². The van der Waals surface area contributed by atoms with Gasteiger partial charge in [-0.15, -0.1) is 0 Å². The largest absolute Gasteiger partial charge is 0.490 e. The van der Waals surface area contributed by atoms with Crippen molar-refractivity contribution >= 4 is 11.4 Å². The Hall–Kier alpha value is -3.41. The van der Waals surface area contributed by atoms with Gasteiger partial charge in [-0.3, -0.25) is 10.1 Å². The van der Waals surface area contributed by atoms with Gasteiger partial charge in [0, 0.05) is 18.7 Å². The number of hydrogen-bond acceptors (Lipinski definition) is 6. The number of nitrogens with one attached hydrogen (secondary N) is 1. The minimum absolute atomic E-state index is 0.0707. The lowest BCUT2D eigenvalue weighted by Crippen LogP contribution is -2.06. The third-order valence-corrected chi connectivity index (χ3v) is 3.34. The van der Waals surface area contributed by atoms with E-state index in [-0.39, 0.29) is 35.9 Å². The van der Waals surface area contributed by atoms with Crippen molar-refractivity contribution in [2.75, 3.05) is 11.9 Å². The number of rotatable bonds is 8. The van der Waals surface area contributed by atoms with Crippen molar-refractivity contribution in [2.24, 2.45) is 0 Å². The lowest BCUT2D eigenvalue weighted by Gasteiger charge is -2.14. The van der Waals surface area contributed by atoms with Crippen LogP contribution < -0.4 is 14.8 Å². The molecule has 0 bridgehead atoms. The molecular weight excluding hydrogens is 348 g/mol. The number of alkyl halides is 2. The summed E-state index contributed by atoms with van der Waals surface area (Å²) in [7, 11) is 0. The summed E-state index contributed by atoms with van der Waals surface area (Å²) in [5.41, 5.74) is 1.06. The Kier molecular flexibility index (Phi) is 6.27. The molecule has 0 saturated heterocycles. The molecule has 1 N–H and O–H groups in total. The second-order valence-electron chi connectivity index (χ2n) is 5.04. The number of anilines is 1. The lowest BCUT2D eigenvalue weighted by molar-refractivity contribution is -0.384. The molecule has 0 aromatic heterocycles. The van der Waals surface area contributed by atoms with Crippen LogP contribution in [0.3, 0.4) is 0 Å². The second-order valence-corrected chi connectivity index (χ2v) is 5.04. The number of nitro groups is 1. The fourth-order valence-corrected chi connectivity index (χ4v) is 2.21. The molecule has 0 saturated carbocycles. The Morgan fingerprint density at radius 2 is 2.04 bits per heavy atom. The maximum atomic E-state index is 12.4. The molecule has 0 aliphatic rings. The monoisotopic (exact) mass is 363 g/mol. The van der Waals surface area contributed by atoms with Gasteiger partial charge in [-0.1, -0.05) is 6.07 Å². The molecule has 0 fully saturated rings. The highest BCUT2D eigenvalue weighted by atomic mass is 19.3. The molecule has 0 aliphatic carbocycles. The van der Waals surface area contributed by atoms with Crippen LogP contribution >= 0.6 is 0 Å². The number of ether oxygens (including phenoxy) is 2. The molecule has 26 heavy (non-hydrogen) atoms. The molecule has 2 rings (SSSR count). The quantitative estimate of drug-likeness (QED) is 0.561. The van der Waals surface area contributed by atoms with Gasteiger partial charge in [-0.25, -0.2) is 0 Å². The van der Waals surface area contributed by atoms with E-state index >= 15 is 0 Å². The standard InChI is InChI=1S/C17H15F2N3O4/c1-2-25-16-7-11(3-6-15(16)26-17(18)19)10-21-14-5-4-13(22(23)24)8-12(14)9-20/h3-8,17,21H,2,10H2,1H3. The third-order valence-electron chi connectivity index (χ3n) is 3.34. The summed E-state index contributed by atoms with van der Waals surface area (Å²) >= 11 is 0. The zero-order valence-corrected chi connectivity index (χ0v) is 13.7. The Morgan fingerprint density at radius 3 is 2.65 bits per heavy atom. The Bertz CT molecular complexity index is 837. The number of hydrogen-bond donors (Lipinski definition) is 1. The first-order valence-electron chi connectivity index (χ1n) is 7.57. The zero-order valence-electron chi connectivity index (χ0n) is 13.7. The molecule has 0 spiro atoms. The summed E-state index contributed by atoms with van der Waals surface area (Å²) in [5.74, 6) is 0.106. The maximum absolute atomic E-state index is 12.4. The highest BCUT2D eigenvalue weighted by Gasteiger charge is 2.13. The van der Waals surface area contributed by atoms with Crippen LogP contribution in [-0.4, -0.2) is 18.1 Å². The van der Waals surface area contributed by atoms with E-state index in [2.05, 4.69) is 10.1 Å². The molecule has 0 aliphatic heterocycles. The van der Waals surface area contributed by atoms with E-state index in [1.54, 1.807) is 19.1 Å². The Balaban J connectivity index is 2.18. The van der Waals surface area contributed by atoms with Gasteiger partial charge >= 0.3 is 6.61 Å². The molecule has 7 nitrogen and oxygen atoms in total. The fraction of sp³-hybridized carbons (Fsp3) is 0.235. The van der Waals surface area contributed by atoms with Gasteiger partial charge < -0.3 is 14.8 Å². The van der Waals surface area contributed by atoms with E-state index in [1.165, 1.54) is 24.3 Å². The number of nitro benzene ring substituents is 1. The van der Waals surface area contributed by atoms with Crippen molar-refractivity contribution in [1.29, 1.82) is 5.26 Å². The van der Waals surface area contributed by atoms with Crippen LogP contribution in [0.25, 0.3) is 0 Å². The summed E-state index contributed by atoms with van der Waals surface area (Å²) in [6.07, 6.45) is 0. The van der Waals surface area contributed by atoms with Crippen molar-refractivity contribution in [3.8, 4) is 17.6 Å². The minimum Gasteiger partial charge on any atom is -0.490 e. The summed E-state index contributed by atoms with van der Waals surface area (Å²) in [6.45, 7) is -0.719. The normalized spacial score (nSPS) is 10.3. The van der Waals surface area contributed by atoms with E-state index in [0.717, 1.165) is 0 Å². The first kappa shape index (κ1) is 18.9. The van der Waals surface area contributed by atoms with Crippen molar-refractivity contribution in [2.45, 2.75) is 20.1 Å². The maximum Gasteiger partial charge on any atom is 0.387 e. The van der Waals surface area contributed by atoms with Gasteiger partial charge in [0.25, 0.3) is 5.69 Å². The summed E-state index contributed by atoms with van der Waals surface area (Å²) in [4.78, 5) is 10.2. The minimum atomic E-state index is -2.96. The topological polar surface area (TPSA) is 97.4 Å². The third kappa shape index (κ3) is 4.80. The van der Waals surface area contributed by atoms with Crippen molar-refractivity contribution < 1.29 is 23.2 Å². The van der Waals surface area contributed by atoms with Crippen LogP contribution in [0.4, 0.5) is 20.2 Å². The smallest absolute Gasteiger partial charge is 0.387 e. The van der Waals surface area contributed by atoms with Gasteiger partial charge in [-0.2, -0.15) is 14.0 Å². The summed E-state index contributed by atoms with van der Waals surface area (Å²) in [5, 5.41) is 22.9. The van der Waals surface area contributed by atoms with Gasteiger partial charge in [0.05, 0.1) is 22.8 Å². The number of nitriles is 1. The SMILES string of the molecule is CCOc1cc(CNc2ccc([N+](=O)[O-])cc2C#N)ccc1OC(F)F. The van der Waals surface area contributed by atoms with E-state index < -0.39 is 11.5 Å². The van der Waals surface area contributed by atoms with Gasteiger partial charge in [-0.05, 0) is 30.7 Å². The van der Waals surface area contributed by atoms with Crippen LogP contribution in [0.1, 0.15) is 18.1 Å². The molecule has 136 valence electrons. The molecule has 0 atom stereocenters. The van der Waals surface area contributed by atoms with Crippen LogP contribution in [-0.2, 0) is 6.54 Å². The van der Waals surface area contributed by atoms with Crippen LogP contribution in [0.15, 0.2) is 36.4 Å². The highest BCUT2D eigenvalue weighted by Crippen LogP contribution is 2.30. The molecular formula is C17H15F2N3O4. The molecule has 2 aromatic rings. The first-order valence-corrected chi connectivity index (χ1v) is 7.57. The lowest BCUT2D eigenvalue weighted by atomic mass is 10.1. The zero-order chi connectivity index (χ0) is 19.1. The molecule has 0 unspecified atom stereocenters. The van der Waals surface area contributed by atoms with Crippen LogP contribution in [0, 0.1) is 21.4 Å². The Labute approximate surface area is 147 Å². The van der Waals surface area contributed by atoms with Gasteiger partial charge in [0.15, 0.2) is 11.5 Å². The van der Waals surface area contributed by atoms with Crippen LogP contribution in [0.5, 0.6) is 11.5 Å². The van der Waals surface area contributed by atoms with Crippen molar-refractivity contribution in [1.82, 2.24) is 0 Å². The Morgan fingerprint density at radius 1 is 1.27 bits per heavy atom. The highest BCUT2D eigenvalue weighted by molar-refractivity contribution is 5.61. The van der Waals surface area contributed by atoms with Crippen LogP contribution in [0.2, 0.25) is 0 Å². The fourth-order valence-electron chi connectivity index (χ4n) is 2.21. The summed E-state index contributed by atoms with van der Waals surface area (Å²) in [6, 6.07) is 10.3. The predicted octanol–water partition coefficient (Wildman–Crippen LogP) is 4.08. The average molecular weight is 363 g/mol. The predicted molar refractivity (Wildman–Crippen MR) is 89.4 cm³/mol. The molecule has 9 heteroatoms.